The SMILES string of the molecule is CCN1CCN(c2ccc(F)cc2C(C)NC(=O)c2ccc(OC(F)F)c(OC)c2)CC1. The molecule has 1 N–H and O–H groups in total. The standard InChI is InChI=1S/C23H28F3N3O3/c1-4-28-9-11-29(12-10-28)19-7-6-17(24)14-18(19)15(2)27-22(30)16-5-8-20(32-23(25)26)21(13-16)31-3/h5-8,13-15,23H,4,9-12H2,1-3H3,(H,27,30). The lowest BCUT2D eigenvalue weighted by molar-refractivity contribution is -0.0512. The Balaban J connectivity index is 1.77. The Bertz CT molecular complexity index is 934. The van der Waals surface area contributed by atoms with Crippen LogP contribution in [-0.4, -0.2) is 57.3 Å². The predicted molar refractivity (Wildman–Crippen MR) is 116 cm³/mol. The van der Waals surface area contributed by atoms with Gasteiger partial charge in [-0.3, -0.25) is 4.79 Å². The van der Waals surface area contributed by atoms with Crippen molar-refractivity contribution in [3.8, 4) is 11.5 Å². The van der Waals surface area contributed by atoms with E-state index in [2.05, 4.69) is 26.8 Å². The van der Waals surface area contributed by atoms with E-state index in [1.54, 1.807) is 13.0 Å². The molecule has 0 radical (unpaired) electrons. The molecule has 0 spiro atoms. The van der Waals surface area contributed by atoms with Gasteiger partial charge in [0, 0.05) is 43.0 Å². The van der Waals surface area contributed by atoms with Gasteiger partial charge in [0.15, 0.2) is 11.5 Å². The maximum Gasteiger partial charge on any atom is 0.387 e. The van der Waals surface area contributed by atoms with Crippen molar-refractivity contribution < 1.29 is 27.4 Å². The summed E-state index contributed by atoms with van der Waals surface area (Å²) in [6, 6.07) is 8.08. The maximum absolute atomic E-state index is 14.1. The molecule has 0 aliphatic carbocycles. The van der Waals surface area contributed by atoms with Crippen LogP contribution in [0.4, 0.5) is 18.9 Å². The molecule has 1 fully saturated rings. The number of anilines is 1. The molecule has 1 atom stereocenters. The lowest BCUT2D eigenvalue weighted by atomic mass is 10.0. The van der Waals surface area contributed by atoms with Crippen LogP contribution in [0, 0.1) is 5.82 Å². The van der Waals surface area contributed by atoms with Crippen LogP contribution in [0.2, 0.25) is 0 Å². The van der Waals surface area contributed by atoms with E-state index in [0.717, 1.165) is 38.4 Å². The summed E-state index contributed by atoms with van der Waals surface area (Å²) in [6.45, 7) is 5.35. The van der Waals surface area contributed by atoms with Crippen LogP contribution in [0.1, 0.15) is 35.8 Å². The number of benzene rings is 2. The second-order valence-electron chi connectivity index (χ2n) is 7.56. The van der Waals surface area contributed by atoms with Crippen LogP contribution in [0.5, 0.6) is 11.5 Å². The Kier molecular flexibility index (Phi) is 7.84. The number of likely N-dealkylation sites (N-methyl/N-ethyl adjacent to an activating group) is 1. The van der Waals surface area contributed by atoms with Crippen LogP contribution in [0.15, 0.2) is 36.4 Å². The van der Waals surface area contributed by atoms with Crippen molar-refractivity contribution in [3.63, 3.8) is 0 Å². The van der Waals surface area contributed by atoms with Gasteiger partial charge in [-0.2, -0.15) is 8.78 Å². The number of nitrogens with one attached hydrogen (secondary N) is 1. The molecule has 1 heterocycles. The summed E-state index contributed by atoms with van der Waals surface area (Å²) in [5, 5.41) is 2.86. The molecule has 6 nitrogen and oxygen atoms in total. The number of nitrogens with zero attached hydrogens (tertiary/aromatic N) is 2. The number of alkyl halides is 2. The highest BCUT2D eigenvalue weighted by molar-refractivity contribution is 5.95. The molecular weight excluding hydrogens is 423 g/mol. The number of piperazine rings is 1. The number of rotatable bonds is 8. The molecule has 1 amide bonds. The van der Waals surface area contributed by atoms with Crippen molar-refractivity contribution >= 4 is 11.6 Å². The Hall–Kier alpha value is -2.94. The Labute approximate surface area is 185 Å². The van der Waals surface area contributed by atoms with E-state index in [9.17, 15) is 18.0 Å². The third kappa shape index (κ3) is 5.64. The van der Waals surface area contributed by atoms with Gasteiger partial charge in [-0.05, 0) is 49.9 Å². The largest absolute Gasteiger partial charge is 0.493 e. The van der Waals surface area contributed by atoms with Crippen molar-refractivity contribution in [2.75, 3.05) is 44.7 Å². The van der Waals surface area contributed by atoms with E-state index in [1.165, 1.54) is 37.4 Å². The van der Waals surface area contributed by atoms with E-state index in [-0.39, 0.29) is 22.9 Å². The molecule has 2 aromatic rings. The van der Waals surface area contributed by atoms with E-state index >= 15 is 0 Å². The minimum Gasteiger partial charge on any atom is -0.493 e. The number of amides is 1. The molecule has 0 aromatic heterocycles. The molecule has 174 valence electrons. The minimum absolute atomic E-state index is 0.0193. The summed E-state index contributed by atoms with van der Waals surface area (Å²) in [4.78, 5) is 17.4. The van der Waals surface area contributed by atoms with Gasteiger partial charge in [-0.1, -0.05) is 6.92 Å². The van der Waals surface area contributed by atoms with Crippen LogP contribution in [-0.2, 0) is 0 Å². The molecule has 0 saturated carbocycles. The van der Waals surface area contributed by atoms with Crippen molar-refractivity contribution in [1.82, 2.24) is 10.2 Å². The summed E-state index contributed by atoms with van der Waals surface area (Å²) >= 11 is 0. The average molecular weight is 451 g/mol. The number of hydrogen-bond donors (Lipinski definition) is 1. The summed E-state index contributed by atoms with van der Waals surface area (Å²) < 4.78 is 48.6. The minimum atomic E-state index is -3.01. The topological polar surface area (TPSA) is 54.0 Å². The maximum atomic E-state index is 14.1. The number of carbonyl (C=O) groups is 1. The monoisotopic (exact) mass is 451 g/mol. The highest BCUT2D eigenvalue weighted by Gasteiger charge is 2.23. The van der Waals surface area contributed by atoms with Crippen molar-refractivity contribution in [2.45, 2.75) is 26.5 Å². The second-order valence-corrected chi connectivity index (χ2v) is 7.56. The predicted octanol–water partition coefficient (Wildman–Crippen LogP) is 4.07. The molecule has 1 saturated heterocycles. The third-order valence-corrected chi connectivity index (χ3v) is 5.61. The van der Waals surface area contributed by atoms with Gasteiger partial charge in [-0.25, -0.2) is 4.39 Å². The van der Waals surface area contributed by atoms with Crippen LogP contribution >= 0.6 is 0 Å². The Morgan fingerprint density at radius 2 is 1.81 bits per heavy atom. The lowest BCUT2D eigenvalue weighted by Crippen LogP contribution is -2.46. The molecular formula is C23H28F3N3O3. The fraction of sp³-hybridized carbons (Fsp3) is 0.435. The van der Waals surface area contributed by atoms with E-state index in [0.29, 0.717) is 5.56 Å². The van der Waals surface area contributed by atoms with E-state index in [4.69, 9.17) is 4.74 Å². The molecule has 1 aliphatic heterocycles. The lowest BCUT2D eigenvalue weighted by Gasteiger charge is -2.37. The number of hydrogen-bond acceptors (Lipinski definition) is 5. The highest BCUT2D eigenvalue weighted by Crippen LogP contribution is 2.31. The van der Waals surface area contributed by atoms with Gasteiger partial charge in [0.1, 0.15) is 5.82 Å². The fourth-order valence-electron chi connectivity index (χ4n) is 3.83. The van der Waals surface area contributed by atoms with Crippen molar-refractivity contribution in [1.29, 1.82) is 0 Å². The Morgan fingerprint density at radius 3 is 2.44 bits per heavy atom. The number of carbonyl (C=O) groups excluding carboxylic acids is 1. The quantitative estimate of drug-likeness (QED) is 0.656. The third-order valence-electron chi connectivity index (χ3n) is 5.61. The second kappa shape index (κ2) is 10.6. The van der Waals surface area contributed by atoms with Crippen LogP contribution < -0.4 is 19.7 Å². The molecule has 9 heteroatoms. The van der Waals surface area contributed by atoms with Gasteiger partial charge in [-0.15, -0.1) is 0 Å². The first-order valence-corrected chi connectivity index (χ1v) is 10.5. The Morgan fingerprint density at radius 1 is 1.09 bits per heavy atom. The molecule has 2 aromatic carbocycles. The normalized spacial score (nSPS) is 15.5. The van der Waals surface area contributed by atoms with Crippen molar-refractivity contribution in [3.05, 3.63) is 53.3 Å². The van der Waals surface area contributed by atoms with Crippen molar-refractivity contribution in [2.24, 2.45) is 0 Å². The average Bonchev–Trinajstić information content (AvgIpc) is 2.79. The first-order chi connectivity index (χ1) is 15.3. The fourth-order valence-corrected chi connectivity index (χ4v) is 3.83. The van der Waals surface area contributed by atoms with Crippen LogP contribution in [0.25, 0.3) is 0 Å². The zero-order valence-electron chi connectivity index (χ0n) is 18.4. The van der Waals surface area contributed by atoms with Gasteiger partial charge in [0.05, 0.1) is 13.2 Å². The summed E-state index contributed by atoms with van der Waals surface area (Å²) in [5.41, 5.74) is 1.77. The van der Waals surface area contributed by atoms with Gasteiger partial charge < -0.3 is 24.6 Å². The molecule has 3 rings (SSSR count). The molecule has 32 heavy (non-hydrogen) atoms. The summed E-state index contributed by atoms with van der Waals surface area (Å²) in [7, 11) is 1.30. The van der Waals surface area contributed by atoms with Crippen LogP contribution in [0.3, 0.4) is 0 Å². The van der Waals surface area contributed by atoms with E-state index in [1.807, 2.05) is 0 Å². The summed E-state index contributed by atoms with van der Waals surface area (Å²) in [5.74, 6) is -0.964. The highest BCUT2D eigenvalue weighted by atomic mass is 19.3. The summed E-state index contributed by atoms with van der Waals surface area (Å²) in [6.07, 6.45) is 0. The number of methoxy groups -OCH3 is 1. The number of halogens is 3. The van der Waals surface area contributed by atoms with Gasteiger partial charge in [0.25, 0.3) is 5.91 Å². The van der Waals surface area contributed by atoms with Gasteiger partial charge in [0.2, 0.25) is 0 Å². The zero-order chi connectivity index (χ0) is 23.3. The first kappa shape index (κ1) is 23.7. The van der Waals surface area contributed by atoms with E-state index < -0.39 is 18.6 Å². The smallest absolute Gasteiger partial charge is 0.387 e. The zero-order valence-corrected chi connectivity index (χ0v) is 18.4. The molecule has 1 aliphatic rings. The molecule has 0 bridgehead atoms. The molecule has 1 unspecified atom stereocenters. The van der Waals surface area contributed by atoms with Gasteiger partial charge >= 0.3 is 6.61 Å². The first-order valence-electron chi connectivity index (χ1n) is 10.5. The number of ether oxygens (including phenoxy) is 2.